The van der Waals surface area contributed by atoms with Gasteiger partial charge in [0.25, 0.3) is 0 Å². The van der Waals surface area contributed by atoms with Gasteiger partial charge in [-0.2, -0.15) is 0 Å². The minimum absolute atomic E-state index is 0.139. The minimum atomic E-state index is -0.430. The number of aliphatic hydroxyl groups is 1. The second kappa shape index (κ2) is 2.47. The maximum Gasteiger partial charge on any atom is 0.186 e. The number of hydrogen-bond donors (Lipinski definition) is 1. The molecule has 0 aromatic carbocycles. The molecule has 0 bridgehead atoms. The Hall–Kier alpha value is -0.160. The van der Waals surface area contributed by atoms with Crippen molar-refractivity contribution in [3.05, 3.63) is 0 Å². The topological polar surface area (TPSA) is 47.9 Å². The van der Waals surface area contributed by atoms with Crippen molar-refractivity contribution in [1.82, 2.24) is 0 Å². The third-order valence-electron chi connectivity index (χ3n) is 1.68. The zero-order chi connectivity index (χ0) is 6.97. The van der Waals surface area contributed by atoms with Gasteiger partial charge in [-0.05, 0) is 0 Å². The molecule has 2 heterocycles. The molecule has 2 fully saturated rings. The average molecular weight is 146 g/mol. The number of aliphatic hydroxyl groups excluding tert-OH is 1. The van der Waals surface area contributed by atoms with Gasteiger partial charge in [0, 0.05) is 0 Å². The zero-order valence-corrected chi connectivity index (χ0v) is 5.53. The molecule has 4 heteroatoms. The van der Waals surface area contributed by atoms with E-state index in [9.17, 15) is 0 Å². The molecule has 10 heavy (non-hydrogen) atoms. The van der Waals surface area contributed by atoms with E-state index in [0.717, 1.165) is 0 Å². The first kappa shape index (κ1) is 6.54. The summed E-state index contributed by atoms with van der Waals surface area (Å²) in [5.74, 6) is 0. The third kappa shape index (κ3) is 1.03. The van der Waals surface area contributed by atoms with Crippen molar-refractivity contribution < 1.29 is 19.3 Å². The van der Waals surface area contributed by atoms with Crippen molar-refractivity contribution in [2.75, 3.05) is 19.8 Å². The van der Waals surface area contributed by atoms with E-state index >= 15 is 0 Å². The van der Waals surface area contributed by atoms with Crippen LogP contribution in [-0.2, 0) is 14.2 Å². The van der Waals surface area contributed by atoms with Crippen LogP contribution in [0.15, 0.2) is 0 Å². The van der Waals surface area contributed by atoms with Gasteiger partial charge in [-0.1, -0.05) is 0 Å². The predicted octanol–water partition coefficient (Wildman–Crippen LogP) is -0.881. The van der Waals surface area contributed by atoms with Crippen LogP contribution in [0.25, 0.3) is 0 Å². The lowest BCUT2D eigenvalue weighted by molar-refractivity contribution is -0.319. The Morgan fingerprint density at radius 1 is 1.30 bits per heavy atom. The van der Waals surface area contributed by atoms with Crippen LogP contribution in [0.2, 0.25) is 0 Å². The summed E-state index contributed by atoms with van der Waals surface area (Å²) in [6.45, 7) is 1.66. The fourth-order valence-corrected chi connectivity index (χ4v) is 0.873. The van der Waals surface area contributed by atoms with Crippen LogP contribution >= 0.6 is 0 Å². The lowest BCUT2D eigenvalue weighted by Crippen LogP contribution is -2.51. The zero-order valence-electron chi connectivity index (χ0n) is 5.53. The molecule has 2 saturated heterocycles. The second-order valence-corrected chi connectivity index (χ2v) is 2.56. The maximum atomic E-state index is 8.99. The molecular weight excluding hydrogens is 136 g/mol. The van der Waals surface area contributed by atoms with Gasteiger partial charge < -0.3 is 19.3 Å². The molecule has 2 atom stereocenters. The number of hydrogen-bond acceptors (Lipinski definition) is 4. The monoisotopic (exact) mass is 146 g/mol. The molecule has 0 spiro atoms. The maximum absolute atomic E-state index is 8.99. The Bertz CT molecular complexity index is 123. The highest BCUT2D eigenvalue weighted by Crippen LogP contribution is 2.18. The summed E-state index contributed by atoms with van der Waals surface area (Å²) in [6.07, 6.45) is -0.686. The van der Waals surface area contributed by atoms with Crippen LogP contribution in [0.4, 0.5) is 0 Å². The molecule has 58 valence electrons. The van der Waals surface area contributed by atoms with E-state index in [2.05, 4.69) is 0 Å². The Morgan fingerprint density at radius 3 is 2.40 bits per heavy atom. The smallest absolute Gasteiger partial charge is 0.186 e. The van der Waals surface area contributed by atoms with Gasteiger partial charge in [-0.25, -0.2) is 0 Å². The normalized spacial score (nSPS) is 40.5. The van der Waals surface area contributed by atoms with E-state index < -0.39 is 12.4 Å². The molecule has 2 aliphatic rings. The lowest BCUT2D eigenvalue weighted by Gasteiger charge is -2.37. The van der Waals surface area contributed by atoms with Crippen LogP contribution in [-0.4, -0.2) is 43.4 Å². The second-order valence-electron chi connectivity index (χ2n) is 2.56. The SMILES string of the molecule is OC1COC1OC1COC1. The van der Waals surface area contributed by atoms with Gasteiger partial charge in [-0.3, -0.25) is 0 Å². The molecule has 2 aliphatic heterocycles. The quantitative estimate of drug-likeness (QED) is 0.549. The molecule has 0 amide bonds. The van der Waals surface area contributed by atoms with E-state index in [0.29, 0.717) is 19.8 Å². The first-order valence-corrected chi connectivity index (χ1v) is 3.39. The molecule has 0 aromatic rings. The standard InChI is InChI=1S/C6H10O4/c7-5-3-9-6(5)10-4-1-8-2-4/h4-7H,1-3H2. The molecule has 2 rings (SSSR count). The van der Waals surface area contributed by atoms with E-state index in [1.807, 2.05) is 0 Å². The first-order chi connectivity index (χ1) is 4.86. The van der Waals surface area contributed by atoms with Gasteiger partial charge in [0.1, 0.15) is 12.2 Å². The molecule has 2 unspecified atom stereocenters. The fourth-order valence-electron chi connectivity index (χ4n) is 0.873. The molecule has 0 aliphatic carbocycles. The summed E-state index contributed by atoms with van der Waals surface area (Å²) >= 11 is 0. The average Bonchev–Trinajstić information content (AvgIpc) is 1.82. The number of ether oxygens (including phenoxy) is 3. The van der Waals surface area contributed by atoms with Crippen molar-refractivity contribution >= 4 is 0 Å². The highest BCUT2D eigenvalue weighted by atomic mass is 16.7. The van der Waals surface area contributed by atoms with E-state index in [1.165, 1.54) is 0 Å². The van der Waals surface area contributed by atoms with Gasteiger partial charge >= 0.3 is 0 Å². The fraction of sp³-hybridized carbons (Fsp3) is 1.00. The molecule has 1 N–H and O–H groups in total. The van der Waals surface area contributed by atoms with E-state index in [1.54, 1.807) is 0 Å². The van der Waals surface area contributed by atoms with Crippen molar-refractivity contribution in [2.45, 2.75) is 18.5 Å². The molecule has 0 saturated carbocycles. The minimum Gasteiger partial charge on any atom is -0.385 e. The summed E-state index contributed by atoms with van der Waals surface area (Å²) in [7, 11) is 0. The summed E-state index contributed by atoms with van der Waals surface area (Å²) in [5, 5.41) is 8.99. The Morgan fingerprint density at radius 2 is 2.10 bits per heavy atom. The van der Waals surface area contributed by atoms with Crippen LogP contribution < -0.4 is 0 Å². The summed E-state index contributed by atoms with van der Waals surface area (Å²) in [5.41, 5.74) is 0. The van der Waals surface area contributed by atoms with Crippen LogP contribution in [0.5, 0.6) is 0 Å². The Balaban J connectivity index is 1.69. The molecule has 4 nitrogen and oxygen atoms in total. The van der Waals surface area contributed by atoms with Crippen LogP contribution in [0.1, 0.15) is 0 Å². The largest absolute Gasteiger partial charge is 0.385 e. The van der Waals surface area contributed by atoms with E-state index in [-0.39, 0.29) is 6.10 Å². The molecule has 0 aromatic heterocycles. The van der Waals surface area contributed by atoms with Gasteiger partial charge in [0.2, 0.25) is 0 Å². The van der Waals surface area contributed by atoms with Gasteiger partial charge in [-0.15, -0.1) is 0 Å². The summed E-state index contributed by atoms with van der Waals surface area (Å²) in [6, 6.07) is 0. The number of rotatable bonds is 2. The molecule has 0 radical (unpaired) electrons. The predicted molar refractivity (Wildman–Crippen MR) is 31.4 cm³/mol. The highest BCUT2D eigenvalue weighted by molar-refractivity contribution is 4.73. The highest BCUT2D eigenvalue weighted by Gasteiger charge is 2.35. The third-order valence-corrected chi connectivity index (χ3v) is 1.68. The van der Waals surface area contributed by atoms with Crippen LogP contribution in [0.3, 0.4) is 0 Å². The van der Waals surface area contributed by atoms with Gasteiger partial charge in [0.05, 0.1) is 19.8 Å². The van der Waals surface area contributed by atoms with Crippen molar-refractivity contribution in [3.8, 4) is 0 Å². The van der Waals surface area contributed by atoms with E-state index in [4.69, 9.17) is 19.3 Å². The van der Waals surface area contributed by atoms with Gasteiger partial charge in [0.15, 0.2) is 6.29 Å². The summed E-state index contributed by atoms with van der Waals surface area (Å²) < 4.78 is 15.0. The van der Waals surface area contributed by atoms with Crippen LogP contribution in [0, 0.1) is 0 Å². The molecular formula is C6H10O4. The summed E-state index contributed by atoms with van der Waals surface area (Å²) in [4.78, 5) is 0. The first-order valence-electron chi connectivity index (χ1n) is 3.39. The van der Waals surface area contributed by atoms with Crippen molar-refractivity contribution in [3.63, 3.8) is 0 Å². The Labute approximate surface area is 58.7 Å². The van der Waals surface area contributed by atoms with Crippen molar-refractivity contribution in [2.24, 2.45) is 0 Å². The lowest BCUT2D eigenvalue weighted by atomic mass is 10.2. The van der Waals surface area contributed by atoms with Crippen molar-refractivity contribution in [1.29, 1.82) is 0 Å². The Kier molecular flexibility index (Phi) is 1.61.